The summed E-state index contributed by atoms with van der Waals surface area (Å²) in [6, 6.07) is 3.99. The van der Waals surface area contributed by atoms with Crippen LogP contribution in [0, 0.1) is 12.8 Å². The van der Waals surface area contributed by atoms with Gasteiger partial charge in [0.1, 0.15) is 17.3 Å². The van der Waals surface area contributed by atoms with Crippen LogP contribution in [-0.4, -0.2) is 39.4 Å². The molecule has 0 bridgehead atoms. The lowest BCUT2D eigenvalue weighted by molar-refractivity contribution is -0.154. The molecule has 1 fully saturated rings. The van der Waals surface area contributed by atoms with Gasteiger partial charge in [0.2, 0.25) is 5.88 Å². The molecule has 0 aromatic carbocycles. The largest absolute Gasteiger partial charge is 0.468 e. The van der Waals surface area contributed by atoms with Crippen LogP contribution in [0.5, 0.6) is 5.88 Å². The summed E-state index contributed by atoms with van der Waals surface area (Å²) in [5.74, 6) is -0.0970. The zero-order valence-electron chi connectivity index (χ0n) is 17.2. The molecule has 2 aromatic heterocycles. The van der Waals surface area contributed by atoms with Crippen molar-refractivity contribution in [1.82, 2.24) is 20.3 Å². The molecule has 1 aliphatic carbocycles. The summed E-state index contributed by atoms with van der Waals surface area (Å²) in [6.45, 7) is 2.15. The number of amides is 1. The number of alkyl halides is 3. The lowest BCUT2D eigenvalue weighted by Gasteiger charge is -2.18. The number of nitrogens with one attached hydrogen (secondary N) is 1. The van der Waals surface area contributed by atoms with Gasteiger partial charge in [-0.1, -0.05) is 13.0 Å². The van der Waals surface area contributed by atoms with E-state index in [2.05, 4.69) is 25.0 Å². The van der Waals surface area contributed by atoms with E-state index in [1.54, 1.807) is 19.1 Å². The number of nitrogens with zero attached hydrogens (tertiary/aromatic N) is 3. The van der Waals surface area contributed by atoms with Crippen molar-refractivity contribution in [2.45, 2.75) is 51.7 Å². The molecule has 0 spiro atoms. The van der Waals surface area contributed by atoms with Gasteiger partial charge < -0.3 is 10.1 Å². The molecule has 31 heavy (non-hydrogen) atoms. The van der Waals surface area contributed by atoms with Gasteiger partial charge in [-0.3, -0.25) is 9.59 Å². The Morgan fingerprint density at radius 3 is 2.58 bits per heavy atom. The van der Waals surface area contributed by atoms with E-state index >= 15 is 0 Å². The molecule has 2 aromatic rings. The highest BCUT2D eigenvalue weighted by Gasteiger charge is 2.30. The topological polar surface area (TPSA) is 94.1 Å². The van der Waals surface area contributed by atoms with Gasteiger partial charge in [0.25, 0.3) is 5.91 Å². The highest BCUT2D eigenvalue weighted by molar-refractivity contribution is 5.93. The number of carbonyl (C=O) groups excluding carboxylic acids is 2. The van der Waals surface area contributed by atoms with Crippen LogP contribution in [0.25, 0.3) is 0 Å². The molecule has 1 amide bonds. The Labute approximate surface area is 177 Å². The number of Topliss-reactive ketones (excluding diaryl/α,β-unsaturated/α-hetero) is 1. The van der Waals surface area contributed by atoms with E-state index in [1.807, 2.05) is 6.92 Å². The quantitative estimate of drug-likeness (QED) is 0.646. The first-order valence-electron chi connectivity index (χ1n) is 9.98. The number of hydrogen-bond donors (Lipinski definition) is 1. The zero-order valence-corrected chi connectivity index (χ0v) is 17.2. The first-order valence-corrected chi connectivity index (χ1v) is 9.98. The second kappa shape index (κ2) is 9.40. The fourth-order valence-corrected chi connectivity index (χ4v) is 3.02. The van der Waals surface area contributed by atoms with Crippen molar-refractivity contribution in [2.75, 3.05) is 6.61 Å². The van der Waals surface area contributed by atoms with Crippen molar-refractivity contribution in [3.63, 3.8) is 0 Å². The van der Waals surface area contributed by atoms with Crippen LogP contribution in [-0.2, 0) is 11.2 Å². The monoisotopic (exact) mass is 436 g/mol. The molecule has 1 N–H and O–H groups in total. The minimum absolute atomic E-state index is 0.0847. The summed E-state index contributed by atoms with van der Waals surface area (Å²) in [4.78, 5) is 37.2. The molecule has 3 rings (SSSR count). The van der Waals surface area contributed by atoms with E-state index in [9.17, 15) is 22.8 Å². The smallest absolute Gasteiger partial charge is 0.422 e. The normalized spacial score (nSPS) is 14.7. The van der Waals surface area contributed by atoms with Gasteiger partial charge in [0.05, 0.1) is 12.5 Å². The molecule has 2 heterocycles. The van der Waals surface area contributed by atoms with Gasteiger partial charge in [-0.25, -0.2) is 15.0 Å². The molecular formula is C21H23F3N4O3. The maximum Gasteiger partial charge on any atom is 0.422 e. The van der Waals surface area contributed by atoms with Crippen LogP contribution < -0.4 is 10.1 Å². The van der Waals surface area contributed by atoms with E-state index < -0.39 is 24.7 Å². The van der Waals surface area contributed by atoms with Gasteiger partial charge in [-0.2, -0.15) is 13.2 Å². The van der Waals surface area contributed by atoms with Crippen molar-refractivity contribution < 1.29 is 27.5 Å². The average Bonchev–Trinajstić information content (AvgIpc) is 3.55. The Kier molecular flexibility index (Phi) is 6.87. The summed E-state index contributed by atoms with van der Waals surface area (Å²) >= 11 is 0. The number of ketones is 1. The van der Waals surface area contributed by atoms with Gasteiger partial charge in [0.15, 0.2) is 6.61 Å². The van der Waals surface area contributed by atoms with Crippen LogP contribution in [0.2, 0.25) is 0 Å². The molecule has 0 radical (unpaired) electrons. The van der Waals surface area contributed by atoms with Gasteiger partial charge in [-0.15, -0.1) is 0 Å². The van der Waals surface area contributed by atoms with E-state index in [0.29, 0.717) is 23.5 Å². The second-order valence-electron chi connectivity index (χ2n) is 7.50. The molecular weight excluding hydrogens is 413 g/mol. The summed E-state index contributed by atoms with van der Waals surface area (Å²) < 4.78 is 41.3. The standard InChI is InChI=1S/C21H23F3N4O3/c1-3-15(14-6-7-19(25-10-14)31-11-21(22,23)24)28-20(30)16-8-12(2)26-18(27-16)9-17(29)13-4-5-13/h6-8,10,13,15H,3-5,9,11H2,1-2H3,(H,28,30). The Bertz CT molecular complexity index is 944. The van der Waals surface area contributed by atoms with Crippen LogP contribution in [0.1, 0.15) is 59.8 Å². The molecule has 1 saturated carbocycles. The number of aryl methyl sites for hydroxylation is 1. The Morgan fingerprint density at radius 2 is 2.00 bits per heavy atom. The predicted octanol–water partition coefficient (Wildman–Crippen LogP) is 3.52. The van der Waals surface area contributed by atoms with Gasteiger partial charge in [-0.05, 0) is 37.8 Å². The first-order chi connectivity index (χ1) is 14.6. The zero-order chi connectivity index (χ0) is 22.6. The van der Waals surface area contributed by atoms with Gasteiger partial charge in [0, 0.05) is 23.9 Å². The molecule has 166 valence electrons. The molecule has 1 aliphatic rings. The number of hydrogen-bond acceptors (Lipinski definition) is 6. The average molecular weight is 436 g/mol. The second-order valence-corrected chi connectivity index (χ2v) is 7.50. The summed E-state index contributed by atoms with van der Waals surface area (Å²) in [5.41, 5.74) is 1.35. The van der Waals surface area contributed by atoms with E-state index in [4.69, 9.17) is 0 Å². The van der Waals surface area contributed by atoms with Crippen molar-refractivity contribution in [1.29, 1.82) is 0 Å². The summed E-state index contributed by atoms with van der Waals surface area (Å²) in [5, 5.41) is 2.84. The SMILES string of the molecule is CCC(NC(=O)c1cc(C)nc(CC(=O)C2CC2)n1)c1ccc(OCC(F)(F)F)nc1. The number of rotatable bonds is 9. The first kappa shape index (κ1) is 22.6. The van der Waals surface area contributed by atoms with E-state index in [-0.39, 0.29) is 29.7 Å². The highest BCUT2D eigenvalue weighted by Crippen LogP contribution is 2.30. The maximum atomic E-state index is 12.7. The maximum absolute atomic E-state index is 12.7. The van der Waals surface area contributed by atoms with E-state index in [1.165, 1.54) is 12.3 Å². The van der Waals surface area contributed by atoms with Crippen molar-refractivity contribution in [3.05, 3.63) is 47.2 Å². The molecule has 1 unspecified atom stereocenters. The molecule has 10 heteroatoms. The number of ether oxygens (including phenoxy) is 1. The number of halogens is 3. The van der Waals surface area contributed by atoms with Crippen molar-refractivity contribution in [2.24, 2.45) is 5.92 Å². The molecule has 1 atom stereocenters. The molecule has 0 aliphatic heterocycles. The fraction of sp³-hybridized carbons (Fsp3) is 0.476. The summed E-state index contributed by atoms with van der Waals surface area (Å²) in [6.07, 6.45) is -0.669. The lowest BCUT2D eigenvalue weighted by Crippen LogP contribution is -2.29. The highest BCUT2D eigenvalue weighted by atomic mass is 19.4. The number of carbonyl (C=O) groups is 2. The van der Waals surface area contributed by atoms with E-state index in [0.717, 1.165) is 12.8 Å². The van der Waals surface area contributed by atoms with Crippen LogP contribution >= 0.6 is 0 Å². The predicted molar refractivity (Wildman–Crippen MR) is 104 cm³/mol. The number of aromatic nitrogens is 3. The minimum Gasteiger partial charge on any atom is -0.468 e. The van der Waals surface area contributed by atoms with Crippen LogP contribution in [0.15, 0.2) is 24.4 Å². The Hall–Kier alpha value is -3.04. The van der Waals surface area contributed by atoms with Crippen molar-refractivity contribution >= 4 is 11.7 Å². The molecule has 0 saturated heterocycles. The third-order valence-electron chi connectivity index (χ3n) is 4.76. The minimum atomic E-state index is -4.45. The van der Waals surface area contributed by atoms with Crippen LogP contribution in [0.4, 0.5) is 13.2 Å². The Morgan fingerprint density at radius 1 is 1.26 bits per heavy atom. The lowest BCUT2D eigenvalue weighted by atomic mass is 10.1. The number of pyridine rings is 1. The molecule has 7 nitrogen and oxygen atoms in total. The third-order valence-corrected chi connectivity index (χ3v) is 4.76. The Balaban J connectivity index is 1.66. The van der Waals surface area contributed by atoms with Gasteiger partial charge >= 0.3 is 6.18 Å². The summed E-state index contributed by atoms with van der Waals surface area (Å²) in [7, 11) is 0. The van der Waals surface area contributed by atoms with Crippen molar-refractivity contribution in [3.8, 4) is 5.88 Å². The van der Waals surface area contributed by atoms with Crippen LogP contribution in [0.3, 0.4) is 0 Å². The third kappa shape index (κ3) is 6.73. The fourth-order valence-electron chi connectivity index (χ4n) is 3.02.